The van der Waals surface area contributed by atoms with Crippen molar-refractivity contribution in [2.75, 3.05) is 5.73 Å². The Morgan fingerprint density at radius 3 is 1.98 bits per heavy atom. The van der Waals surface area contributed by atoms with Gasteiger partial charge >= 0.3 is 0 Å². The molecule has 19 heteroatoms. The molecule has 0 atom stereocenters. The Morgan fingerprint density at radius 1 is 0.766 bits per heavy atom. The first-order valence-corrected chi connectivity index (χ1v) is 13.0. The summed E-state index contributed by atoms with van der Waals surface area (Å²) in [5.41, 5.74) is 13.5. The van der Waals surface area contributed by atoms with Gasteiger partial charge in [0, 0.05) is 30.2 Å². The lowest BCUT2D eigenvalue weighted by molar-refractivity contribution is -0.117. The molecule has 0 saturated carbocycles. The first kappa shape index (κ1) is 36.1. The molecule has 7 rings (SSSR count). The highest BCUT2D eigenvalue weighted by atomic mass is 16.2. The molecular weight excluding hydrogens is 608 g/mol. The summed E-state index contributed by atoms with van der Waals surface area (Å²) < 4.78 is 0. The molecule has 3 aliphatic heterocycles. The number of aromatic amines is 3. The molecular formula is C28H36N16O3. The van der Waals surface area contributed by atoms with Crippen LogP contribution in [0.2, 0.25) is 0 Å². The zero-order valence-electron chi connectivity index (χ0n) is 24.8. The minimum atomic E-state index is -0.176. The quantitative estimate of drug-likeness (QED) is 0.123. The van der Waals surface area contributed by atoms with E-state index < -0.39 is 0 Å². The van der Waals surface area contributed by atoms with Crippen molar-refractivity contribution in [1.29, 1.82) is 0 Å². The summed E-state index contributed by atoms with van der Waals surface area (Å²) in [6.45, 7) is 14.0. The van der Waals surface area contributed by atoms with E-state index in [4.69, 9.17) is 11.5 Å². The lowest BCUT2D eigenvalue weighted by Crippen LogP contribution is -2.33. The second kappa shape index (κ2) is 17.3. The average molecular weight is 645 g/mol. The zero-order chi connectivity index (χ0) is 33.6. The van der Waals surface area contributed by atoms with Crippen molar-refractivity contribution >= 4 is 45.8 Å². The molecule has 0 spiro atoms. The molecule has 47 heavy (non-hydrogen) atoms. The Labute approximate surface area is 268 Å². The number of nitrogens with zero attached hydrogens (tertiary/aromatic N) is 6. The van der Waals surface area contributed by atoms with Crippen molar-refractivity contribution in [2.45, 2.75) is 21.3 Å². The van der Waals surface area contributed by atoms with Crippen LogP contribution in [0.15, 0.2) is 102 Å². The van der Waals surface area contributed by atoms with Gasteiger partial charge in [0.25, 0.3) is 17.4 Å². The fourth-order valence-corrected chi connectivity index (χ4v) is 3.16. The van der Waals surface area contributed by atoms with Crippen LogP contribution in [0.25, 0.3) is 22.3 Å². The monoisotopic (exact) mass is 644 g/mol. The molecule has 4 aromatic rings. The Balaban J connectivity index is 0.000000204. The number of rotatable bonds is 0. The van der Waals surface area contributed by atoms with E-state index >= 15 is 0 Å². The SMILES string of the molecule is C.C=C1N=C(N)C=CN1.C=C1NC=C(C)C(=O)N1.C=C1NC=CC(=O)N1.Cc1nc2nc[nH]c2c(=O)[nH]1.Nc1ncnc2nc[nH]c12. The topological polar surface area (TPSA) is 288 Å². The highest BCUT2D eigenvalue weighted by molar-refractivity contribution is 5.94. The van der Waals surface area contributed by atoms with Crippen LogP contribution in [0, 0.1) is 6.92 Å². The van der Waals surface area contributed by atoms with E-state index in [0.29, 0.717) is 62.8 Å². The number of aliphatic imine (C=N–C) groups is 1. The molecule has 0 fully saturated rings. The largest absolute Gasteiger partial charge is 0.384 e. The van der Waals surface area contributed by atoms with E-state index in [1.165, 1.54) is 25.1 Å². The maximum Gasteiger partial charge on any atom is 0.276 e. The number of nitrogens with one attached hydrogen (secondary N) is 8. The second-order valence-corrected chi connectivity index (χ2v) is 8.92. The van der Waals surface area contributed by atoms with Crippen LogP contribution in [0.3, 0.4) is 0 Å². The number of nitrogens with two attached hydrogens (primary N) is 2. The van der Waals surface area contributed by atoms with E-state index in [0.717, 1.165) is 0 Å². The van der Waals surface area contributed by atoms with E-state index in [-0.39, 0.29) is 24.8 Å². The van der Waals surface area contributed by atoms with Crippen LogP contribution in [0.5, 0.6) is 0 Å². The highest BCUT2D eigenvalue weighted by Gasteiger charge is 2.08. The summed E-state index contributed by atoms with van der Waals surface area (Å²) in [5, 5.41) is 13.2. The van der Waals surface area contributed by atoms with Gasteiger partial charge in [-0.25, -0.2) is 29.9 Å². The maximum absolute atomic E-state index is 11.1. The molecule has 19 nitrogen and oxygen atoms in total. The molecule has 246 valence electrons. The molecule has 0 bridgehead atoms. The lowest BCUT2D eigenvalue weighted by Gasteiger charge is -2.13. The number of anilines is 1. The second-order valence-electron chi connectivity index (χ2n) is 8.92. The van der Waals surface area contributed by atoms with E-state index in [1.807, 2.05) is 0 Å². The molecule has 0 unspecified atom stereocenters. The minimum Gasteiger partial charge on any atom is -0.384 e. The third-order valence-corrected chi connectivity index (χ3v) is 5.29. The van der Waals surface area contributed by atoms with Gasteiger partial charge < -0.3 is 53.0 Å². The number of carbonyl (C=O) groups is 2. The molecule has 4 aromatic heterocycles. The zero-order valence-corrected chi connectivity index (χ0v) is 24.8. The van der Waals surface area contributed by atoms with Gasteiger partial charge in [0.1, 0.15) is 41.0 Å². The molecule has 0 aliphatic carbocycles. The summed E-state index contributed by atoms with van der Waals surface area (Å²) in [7, 11) is 0. The van der Waals surface area contributed by atoms with Crippen molar-refractivity contribution in [3.63, 3.8) is 0 Å². The van der Waals surface area contributed by atoms with Gasteiger partial charge in [0.05, 0.1) is 12.7 Å². The Bertz CT molecular complexity index is 1940. The first-order valence-electron chi connectivity index (χ1n) is 13.0. The summed E-state index contributed by atoms with van der Waals surface area (Å²) >= 11 is 0. The number of nitrogen functional groups attached to an aromatic ring is 1. The summed E-state index contributed by atoms with van der Waals surface area (Å²) in [4.78, 5) is 63.5. The fraction of sp³-hybridized carbons (Fsp3) is 0.107. The third-order valence-electron chi connectivity index (χ3n) is 5.29. The first-order chi connectivity index (χ1) is 21.9. The smallest absolute Gasteiger partial charge is 0.276 e. The highest BCUT2D eigenvalue weighted by Crippen LogP contribution is 2.09. The van der Waals surface area contributed by atoms with Gasteiger partial charge in [-0.05, 0) is 19.9 Å². The fourth-order valence-electron chi connectivity index (χ4n) is 3.16. The standard InChI is InChI=1S/C6H6N4O.C6H8N2O.C5H5N5.C5H7N3.C5H6N2O.CH4/c1-3-9-5-4(6(11)10-3)7-2-8-5;1-4-3-7-5(2)8-6(4)9;6-4-3-5(9-1-7-3)10-2-8-4;1-4-7-3-2-5(6)8-4;1-4-6-3-2-5(8)7-4;/h2H,1H3,(H2,7,8,9,10,11);3,7H,2H2,1H3,(H,8,9);1-2H,(H3,6,7,8,9,10);2-3,7H,1H2,(H2,6,8);2-3,6H,1H2,(H,7,8);1H4. The van der Waals surface area contributed by atoms with Gasteiger partial charge in [-0.3, -0.25) is 14.4 Å². The molecule has 0 aromatic carbocycles. The maximum atomic E-state index is 11.1. The molecule has 3 aliphatic rings. The van der Waals surface area contributed by atoms with Crippen LogP contribution in [-0.4, -0.2) is 57.5 Å². The predicted octanol–water partition coefficient (Wildman–Crippen LogP) is 0.229. The number of hydrogen-bond acceptors (Lipinski definition) is 14. The number of fused-ring (bicyclic) bond motifs is 2. The van der Waals surface area contributed by atoms with Crippen molar-refractivity contribution in [3.8, 4) is 0 Å². The molecule has 0 saturated heterocycles. The van der Waals surface area contributed by atoms with Crippen molar-refractivity contribution in [1.82, 2.24) is 66.5 Å². The number of amides is 2. The molecule has 0 radical (unpaired) electrons. The summed E-state index contributed by atoms with van der Waals surface area (Å²) in [5.74, 6) is 2.94. The number of imidazole rings is 2. The summed E-state index contributed by atoms with van der Waals surface area (Å²) in [6, 6.07) is 0. The number of carbonyl (C=O) groups excluding carboxylic acids is 2. The van der Waals surface area contributed by atoms with Crippen LogP contribution in [0.4, 0.5) is 5.82 Å². The molecule has 7 heterocycles. The lowest BCUT2D eigenvalue weighted by atomic mass is 10.3. The van der Waals surface area contributed by atoms with Crippen LogP contribution >= 0.6 is 0 Å². The van der Waals surface area contributed by atoms with Gasteiger partial charge in [0.15, 0.2) is 22.6 Å². The number of hydrogen-bond donors (Lipinski definition) is 10. The van der Waals surface area contributed by atoms with Crippen LogP contribution in [0.1, 0.15) is 20.2 Å². The Hall–Kier alpha value is -7.05. The Kier molecular flexibility index (Phi) is 13.3. The van der Waals surface area contributed by atoms with E-state index in [1.54, 1.807) is 38.5 Å². The number of amidine groups is 1. The molecule has 2 amide bonds. The van der Waals surface area contributed by atoms with Gasteiger partial charge in [-0.15, -0.1) is 0 Å². The van der Waals surface area contributed by atoms with Gasteiger partial charge in [-0.2, -0.15) is 0 Å². The number of H-pyrrole nitrogens is 3. The third kappa shape index (κ3) is 11.5. The van der Waals surface area contributed by atoms with Crippen LogP contribution < -0.4 is 43.6 Å². The van der Waals surface area contributed by atoms with Gasteiger partial charge in [0.2, 0.25) is 0 Å². The number of aromatic nitrogens is 8. The Morgan fingerprint density at radius 2 is 1.43 bits per heavy atom. The van der Waals surface area contributed by atoms with E-state index in [2.05, 4.69) is 91.2 Å². The summed E-state index contributed by atoms with van der Waals surface area (Å²) in [6.07, 6.45) is 12.3. The minimum absolute atomic E-state index is 0. The predicted molar refractivity (Wildman–Crippen MR) is 179 cm³/mol. The van der Waals surface area contributed by atoms with Crippen molar-refractivity contribution in [2.24, 2.45) is 10.7 Å². The van der Waals surface area contributed by atoms with Gasteiger partial charge in [-0.1, -0.05) is 27.2 Å². The molecule has 12 N–H and O–H groups in total. The normalized spacial score (nSPS) is 14.1. The van der Waals surface area contributed by atoms with E-state index in [9.17, 15) is 14.4 Å². The van der Waals surface area contributed by atoms with Crippen LogP contribution in [-0.2, 0) is 9.59 Å². The van der Waals surface area contributed by atoms with Crippen molar-refractivity contribution < 1.29 is 9.59 Å². The average Bonchev–Trinajstić information content (AvgIpc) is 3.67. The van der Waals surface area contributed by atoms with Crippen molar-refractivity contribution in [3.05, 3.63) is 109 Å². The number of aryl methyl sites for hydroxylation is 1.